The topological polar surface area (TPSA) is 77.8 Å². The van der Waals surface area contributed by atoms with Crippen molar-refractivity contribution >= 4 is 5.97 Å². The number of aliphatic hydroxyl groups excluding tert-OH is 2. The van der Waals surface area contributed by atoms with E-state index >= 15 is 0 Å². The molecule has 0 saturated heterocycles. The predicted octanol–water partition coefficient (Wildman–Crippen LogP) is 3.27. The van der Waals surface area contributed by atoms with Crippen LogP contribution in [0.25, 0.3) is 0 Å². The summed E-state index contributed by atoms with van der Waals surface area (Å²) in [5.41, 5.74) is 0. The first-order chi connectivity index (χ1) is 9.56. The summed E-state index contributed by atoms with van der Waals surface area (Å²) in [4.78, 5) is 10.3. The van der Waals surface area contributed by atoms with Crippen LogP contribution >= 0.6 is 0 Å². The molecule has 0 heterocycles. The summed E-state index contributed by atoms with van der Waals surface area (Å²) in [5, 5.41) is 27.9. The van der Waals surface area contributed by atoms with Gasteiger partial charge in [0, 0.05) is 6.42 Å². The number of carbonyl (C=O) groups is 1. The van der Waals surface area contributed by atoms with E-state index in [1.54, 1.807) is 12.2 Å². The molecule has 0 aliphatic heterocycles. The van der Waals surface area contributed by atoms with Gasteiger partial charge in [-0.3, -0.25) is 4.79 Å². The average Bonchev–Trinajstić information content (AvgIpc) is 2.40. The molecule has 4 nitrogen and oxygen atoms in total. The number of rotatable bonds is 13. The van der Waals surface area contributed by atoms with Crippen LogP contribution in [-0.4, -0.2) is 33.5 Å². The van der Waals surface area contributed by atoms with Crippen molar-refractivity contribution in [2.45, 2.75) is 83.3 Å². The zero-order valence-electron chi connectivity index (χ0n) is 12.6. The van der Waals surface area contributed by atoms with E-state index in [0.29, 0.717) is 12.8 Å². The van der Waals surface area contributed by atoms with Crippen LogP contribution in [0.4, 0.5) is 0 Å². The Morgan fingerprint density at radius 3 is 1.90 bits per heavy atom. The van der Waals surface area contributed by atoms with E-state index in [2.05, 4.69) is 6.92 Å². The minimum Gasteiger partial charge on any atom is -0.481 e. The third-order valence-corrected chi connectivity index (χ3v) is 3.30. The molecule has 0 rings (SSSR count). The largest absolute Gasteiger partial charge is 0.481 e. The maximum atomic E-state index is 10.3. The number of aliphatic carboxylic acids is 1. The van der Waals surface area contributed by atoms with Crippen molar-refractivity contribution in [3.8, 4) is 0 Å². The Balaban J connectivity index is 3.51. The van der Waals surface area contributed by atoms with Gasteiger partial charge in [-0.05, 0) is 19.3 Å². The standard InChI is InChI=1S/C16H30O4/c1-2-3-6-9-14(17)12-13-15(18)10-7-4-5-8-11-16(19)20/h12-15,17-18H,2-11H2,1H3,(H,19,20)/b13-12+/t14-,15-/m1/s1. The van der Waals surface area contributed by atoms with Crippen LogP contribution in [-0.2, 0) is 4.79 Å². The molecule has 20 heavy (non-hydrogen) atoms. The zero-order valence-corrected chi connectivity index (χ0v) is 12.6. The Morgan fingerprint density at radius 1 is 0.900 bits per heavy atom. The van der Waals surface area contributed by atoms with Crippen molar-refractivity contribution in [2.24, 2.45) is 0 Å². The number of aliphatic hydroxyl groups is 2. The highest BCUT2D eigenvalue weighted by molar-refractivity contribution is 5.66. The van der Waals surface area contributed by atoms with Crippen LogP contribution in [0.1, 0.15) is 71.1 Å². The molecule has 0 saturated carbocycles. The molecule has 0 spiro atoms. The van der Waals surface area contributed by atoms with Gasteiger partial charge in [-0.15, -0.1) is 0 Å². The van der Waals surface area contributed by atoms with Gasteiger partial charge in [0.15, 0.2) is 0 Å². The molecule has 0 unspecified atom stereocenters. The van der Waals surface area contributed by atoms with Gasteiger partial charge >= 0.3 is 5.97 Å². The summed E-state index contributed by atoms with van der Waals surface area (Å²) < 4.78 is 0. The van der Waals surface area contributed by atoms with E-state index in [4.69, 9.17) is 5.11 Å². The van der Waals surface area contributed by atoms with Gasteiger partial charge in [-0.2, -0.15) is 0 Å². The minimum atomic E-state index is -0.745. The van der Waals surface area contributed by atoms with Gasteiger partial charge in [-0.25, -0.2) is 0 Å². The summed E-state index contributed by atoms with van der Waals surface area (Å²) in [7, 11) is 0. The molecular formula is C16H30O4. The number of carboxylic acids is 1. The van der Waals surface area contributed by atoms with Gasteiger partial charge in [0.2, 0.25) is 0 Å². The lowest BCUT2D eigenvalue weighted by molar-refractivity contribution is -0.137. The Labute approximate surface area is 122 Å². The lowest BCUT2D eigenvalue weighted by atomic mass is 10.1. The third-order valence-electron chi connectivity index (χ3n) is 3.30. The third kappa shape index (κ3) is 13.6. The van der Waals surface area contributed by atoms with Gasteiger partial charge in [0.05, 0.1) is 12.2 Å². The first kappa shape index (κ1) is 19.1. The number of hydrogen-bond donors (Lipinski definition) is 3. The van der Waals surface area contributed by atoms with Gasteiger partial charge in [-0.1, -0.05) is 57.6 Å². The van der Waals surface area contributed by atoms with Crippen LogP contribution in [0.3, 0.4) is 0 Å². The molecular weight excluding hydrogens is 256 g/mol. The van der Waals surface area contributed by atoms with Gasteiger partial charge in [0.25, 0.3) is 0 Å². The Bertz CT molecular complexity index is 263. The van der Waals surface area contributed by atoms with Crippen LogP contribution in [0.5, 0.6) is 0 Å². The van der Waals surface area contributed by atoms with E-state index in [-0.39, 0.29) is 6.42 Å². The SMILES string of the molecule is CCCCC[C@@H](O)/C=C/[C@H](O)CCCCCCC(=O)O. The molecule has 0 aromatic carbocycles. The van der Waals surface area contributed by atoms with E-state index in [9.17, 15) is 15.0 Å². The highest BCUT2D eigenvalue weighted by atomic mass is 16.4. The summed E-state index contributed by atoms with van der Waals surface area (Å²) in [6.45, 7) is 2.13. The summed E-state index contributed by atoms with van der Waals surface area (Å²) in [6.07, 6.45) is 10.8. The second-order valence-corrected chi connectivity index (χ2v) is 5.36. The normalized spacial score (nSPS) is 14.6. The smallest absolute Gasteiger partial charge is 0.303 e. The zero-order chi connectivity index (χ0) is 15.2. The second-order valence-electron chi connectivity index (χ2n) is 5.36. The molecule has 0 aliphatic rings. The molecule has 3 N–H and O–H groups in total. The first-order valence-corrected chi connectivity index (χ1v) is 7.82. The fraction of sp³-hybridized carbons (Fsp3) is 0.812. The van der Waals surface area contributed by atoms with E-state index in [1.165, 1.54) is 0 Å². The fourth-order valence-corrected chi connectivity index (χ4v) is 2.04. The van der Waals surface area contributed by atoms with Crippen LogP contribution < -0.4 is 0 Å². The minimum absolute atomic E-state index is 0.229. The quantitative estimate of drug-likeness (QED) is 0.359. The highest BCUT2D eigenvalue weighted by Gasteiger charge is 2.03. The summed E-state index contributed by atoms with van der Waals surface area (Å²) in [6, 6.07) is 0. The molecule has 0 radical (unpaired) electrons. The van der Waals surface area contributed by atoms with Crippen molar-refractivity contribution in [1.82, 2.24) is 0 Å². The number of carboxylic acid groups (broad SMARTS) is 1. The van der Waals surface area contributed by atoms with Crippen LogP contribution in [0, 0.1) is 0 Å². The van der Waals surface area contributed by atoms with Gasteiger partial charge < -0.3 is 15.3 Å². The first-order valence-electron chi connectivity index (χ1n) is 7.82. The lowest BCUT2D eigenvalue weighted by Crippen LogP contribution is -2.06. The molecule has 0 amide bonds. The molecule has 118 valence electrons. The number of hydrogen-bond acceptors (Lipinski definition) is 3. The maximum Gasteiger partial charge on any atom is 0.303 e. The van der Waals surface area contributed by atoms with Crippen molar-refractivity contribution < 1.29 is 20.1 Å². The van der Waals surface area contributed by atoms with Crippen molar-refractivity contribution in [1.29, 1.82) is 0 Å². The van der Waals surface area contributed by atoms with E-state index in [0.717, 1.165) is 44.9 Å². The Morgan fingerprint density at radius 2 is 1.40 bits per heavy atom. The molecule has 0 aromatic heterocycles. The van der Waals surface area contributed by atoms with Crippen LogP contribution in [0.2, 0.25) is 0 Å². The predicted molar refractivity (Wildman–Crippen MR) is 80.6 cm³/mol. The molecule has 2 atom stereocenters. The Hall–Kier alpha value is -0.870. The fourth-order valence-electron chi connectivity index (χ4n) is 2.04. The molecule has 0 bridgehead atoms. The monoisotopic (exact) mass is 286 g/mol. The lowest BCUT2D eigenvalue weighted by Gasteiger charge is -2.08. The highest BCUT2D eigenvalue weighted by Crippen LogP contribution is 2.09. The summed E-state index contributed by atoms with van der Waals surface area (Å²) in [5.74, 6) is -0.745. The van der Waals surface area contributed by atoms with E-state index in [1.807, 2.05) is 0 Å². The van der Waals surface area contributed by atoms with Crippen molar-refractivity contribution in [3.05, 3.63) is 12.2 Å². The van der Waals surface area contributed by atoms with Crippen LogP contribution in [0.15, 0.2) is 12.2 Å². The molecule has 0 aliphatic carbocycles. The second kappa shape index (κ2) is 13.1. The average molecular weight is 286 g/mol. The van der Waals surface area contributed by atoms with Gasteiger partial charge in [0.1, 0.15) is 0 Å². The summed E-state index contributed by atoms with van der Waals surface area (Å²) >= 11 is 0. The van der Waals surface area contributed by atoms with Crippen molar-refractivity contribution in [3.63, 3.8) is 0 Å². The number of unbranched alkanes of at least 4 members (excludes halogenated alkanes) is 5. The molecule has 0 fully saturated rings. The van der Waals surface area contributed by atoms with E-state index < -0.39 is 18.2 Å². The molecule has 0 aromatic rings. The Kier molecular flexibility index (Phi) is 12.6. The van der Waals surface area contributed by atoms with Crippen molar-refractivity contribution in [2.75, 3.05) is 0 Å². The molecule has 4 heteroatoms. The maximum absolute atomic E-state index is 10.3.